The molecule has 0 aliphatic heterocycles. The lowest BCUT2D eigenvalue weighted by Crippen LogP contribution is -2.39. The fraction of sp³-hybridized carbons (Fsp3) is 0.409. The number of nitrogens with one attached hydrogen (secondary N) is 1. The smallest absolute Gasteiger partial charge is 0.303 e. The number of nitrogens with zero attached hydrogens (tertiary/aromatic N) is 1. The molecule has 0 atom stereocenters. The average molecular weight is 469 g/mol. The van der Waals surface area contributed by atoms with Crippen LogP contribution >= 0.6 is 11.6 Å². The van der Waals surface area contributed by atoms with Crippen LogP contribution in [0.4, 0.5) is 4.39 Å². The standard InChI is InChI=1S/C22H26ClFN2O4S/c1-22(2)8-7-14-9-17(6-5-15(14)12-22)30-13-16-10-20(24)18(11-19(16)23)21(27)25-31(28,29)26(3)4/h5-6,9-11H,7-8,12-13H2,1-4H3,(H,25,27). The quantitative estimate of drug-likeness (QED) is 0.692. The largest absolute Gasteiger partial charge is 0.489 e. The van der Waals surface area contributed by atoms with E-state index in [1.54, 1.807) is 4.72 Å². The lowest BCUT2D eigenvalue weighted by Gasteiger charge is -2.31. The fourth-order valence-corrected chi connectivity index (χ4v) is 4.22. The van der Waals surface area contributed by atoms with Gasteiger partial charge in [0.1, 0.15) is 18.2 Å². The molecule has 0 bridgehead atoms. The highest BCUT2D eigenvalue weighted by Crippen LogP contribution is 2.36. The van der Waals surface area contributed by atoms with Crippen LogP contribution in [0, 0.1) is 11.2 Å². The van der Waals surface area contributed by atoms with E-state index >= 15 is 0 Å². The minimum Gasteiger partial charge on any atom is -0.489 e. The number of rotatable bonds is 6. The number of ether oxygens (including phenoxy) is 1. The predicted molar refractivity (Wildman–Crippen MR) is 118 cm³/mol. The molecule has 1 amide bonds. The van der Waals surface area contributed by atoms with E-state index in [2.05, 4.69) is 19.9 Å². The number of aryl methyl sites for hydroxylation is 1. The van der Waals surface area contributed by atoms with Gasteiger partial charge in [-0.15, -0.1) is 0 Å². The van der Waals surface area contributed by atoms with Crippen LogP contribution in [-0.2, 0) is 29.7 Å². The molecule has 1 aliphatic rings. The SMILES string of the molecule is CN(C)S(=O)(=O)NC(=O)c1cc(Cl)c(COc2ccc3c(c2)CCC(C)(C)C3)cc1F. The number of fused-ring (bicyclic) bond motifs is 1. The predicted octanol–water partition coefficient (Wildman–Crippen LogP) is 4.11. The monoisotopic (exact) mass is 468 g/mol. The zero-order valence-corrected chi connectivity index (χ0v) is 19.5. The van der Waals surface area contributed by atoms with E-state index in [1.807, 2.05) is 12.1 Å². The summed E-state index contributed by atoms with van der Waals surface area (Å²) in [5, 5.41) is 0.105. The van der Waals surface area contributed by atoms with Gasteiger partial charge in [-0.05, 0) is 60.1 Å². The van der Waals surface area contributed by atoms with Crippen molar-refractivity contribution in [1.82, 2.24) is 9.03 Å². The van der Waals surface area contributed by atoms with Gasteiger partial charge in [0.25, 0.3) is 5.91 Å². The Hall–Kier alpha value is -2.16. The second kappa shape index (κ2) is 8.76. The van der Waals surface area contributed by atoms with Gasteiger partial charge in [-0.2, -0.15) is 12.7 Å². The zero-order chi connectivity index (χ0) is 23.0. The molecule has 168 valence electrons. The second-order valence-electron chi connectivity index (χ2n) is 8.70. The molecule has 0 saturated heterocycles. The first-order valence-corrected chi connectivity index (χ1v) is 11.7. The average Bonchev–Trinajstić information content (AvgIpc) is 2.67. The molecule has 6 nitrogen and oxygen atoms in total. The number of carbonyl (C=O) groups excluding carboxylic acids is 1. The molecule has 0 radical (unpaired) electrons. The highest BCUT2D eigenvalue weighted by Gasteiger charge is 2.25. The molecule has 31 heavy (non-hydrogen) atoms. The third-order valence-corrected chi connectivity index (χ3v) is 7.15. The minimum atomic E-state index is -4.05. The molecule has 3 rings (SSSR count). The molecular formula is C22H26ClFN2O4S. The van der Waals surface area contributed by atoms with E-state index < -0.39 is 27.5 Å². The summed E-state index contributed by atoms with van der Waals surface area (Å²) >= 11 is 6.21. The van der Waals surface area contributed by atoms with Gasteiger partial charge in [0, 0.05) is 24.7 Å². The van der Waals surface area contributed by atoms with Crippen LogP contribution in [-0.4, -0.2) is 32.7 Å². The molecular weight excluding hydrogens is 443 g/mol. The van der Waals surface area contributed by atoms with E-state index in [1.165, 1.54) is 25.2 Å². The molecule has 2 aromatic carbocycles. The van der Waals surface area contributed by atoms with Crippen molar-refractivity contribution in [1.29, 1.82) is 0 Å². The number of halogens is 2. The first-order chi connectivity index (χ1) is 14.4. The topological polar surface area (TPSA) is 75.7 Å². The number of hydrogen-bond acceptors (Lipinski definition) is 4. The van der Waals surface area contributed by atoms with Crippen molar-refractivity contribution in [3.8, 4) is 5.75 Å². The number of amides is 1. The molecule has 0 heterocycles. The number of carbonyl (C=O) groups is 1. The van der Waals surface area contributed by atoms with Gasteiger partial charge in [0.2, 0.25) is 0 Å². The Morgan fingerprint density at radius 3 is 2.61 bits per heavy atom. The van der Waals surface area contributed by atoms with Crippen molar-refractivity contribution in [2.45, 2.75) is 39.7 Å². The Labute approximate surface area is 187 Å². The third kappa shape index (κ3) is 5.56. The van der Waals surface area contributed by atoms with E-state index in [-0.39, 0.29) is 11.6 Å². The molecule has 2 aromatic rings. The highest BCUT2D eigenvalue weighted by atomic mass is 35.5. The van der Waals surface area contributed by atoms with Crippen molar-refractivity contribution >= 4 is 27.7 Å². The molecule has 1 aliphatic carbocycles. The van der Waals surface area contributed by atoms with Crippen molar-refractivity contribution < 1.29 is 22.3 Å². The summed E-state index contributed by atoms with van der Waals surface area (Å²) in [6, 6.07) is 8.14. The summed E-state index contributed by atoms with van der Waals surface area (Å²) in [6.07, 6.45) is 3.11. The van der Waals surface area contributed by atoms with E-state index in [9.17, 15) is 17.6 Å². The summed E-state index contributed by atoms with van der Waals surface area (Å²) < 4.78 is 46.5. The summed E-state index contributed by atoms with van der Waals surface area (Å²) in [7, 11) is -1.55. The van der Waals surface area contributed by atoms with E-state index in [0.29, 0.717) is 16.7 Å². The highest BCUT2D eigenvalue weighted by molar-refractivity contribution is 7.87. The first-order valence-electron chi connectivity index (χ1n) is 9.85. The van der Waals surface area contributed by atoms with E-state index in [4.69, 9.17) is 16.3 Å². The maximum absolute atomic E-state index is 14.5. The fourth-order valence-electron chi connectivity index (χ4n) is 3.47. The lowest BCUT2D eigenvalue weighted by molar-refractivity contribution is 0.0975. The second-order valence-corrected chi connectivity index (χ2v) is 11.0. The van der Waals surface area contributed by atoms with Crippen LogP contribution in [0.3, 0.4) is 0 Å². The van der Waals surface area contributed by atoms with Crippen LogP contribution < -0.4 is 9.46 Å². The zero-order valence-electron chi connectivity index (χ0n) is 18.0. The maximum atomic E-state index is 14.5. The normalized spacial score (nSPS) is 15.5. The first kappa shape index (κ1) is 23.5. The van der Waals surface area contributed by atoms with Crippen LogP contribution in [0.2, 0.25) is 5.02 Å². The Morgan fingerprint density at radius 1 is 1.23 bits per heavy atom. The van der Waals surface area contributed by atoms with Crippen molar-refractivity contribution in [2.75, 3.05) is 14.1 Å². The van der Waals surface area contributed by atoms with Crippen molar-refractivity contribution in [3.63, 3.8) is 0 Å². The molecule has 0 fully saturated rings. The van der Waals surface area contributed by atoms with Gasteiger partial charge in [-0.3, -0.25) is 4.79 Å². The summed E-state index contributed by atoms with van der Waals surface area (Å²) in [4.78, 5) is 12.2. The van der Waals surface area contributed by atoms with Crippen LogP contribution in [0.1, 0.15) is 47.3 Å². The molecule has 1 N–H and O–H groups in total. The van der Waals surface area contributed by atoms with Gasteiger partial charge < -0.3 is 4.74 Å². The van der Waals surface area contributed by atoms with Crippen LogP contribution in [0.5, 0.6) is 5.75 Å². The van der Waals surface area contributed by atoms with Crippen molar-refractivity contribution in [3.05, 3.63) is 63.4 Å². The Kier molecular flexibility index (Phi) is 6.64. The number of benzene rings is 2. The van der Waals surface area contributed by atoms with E-state index in [0.717, 1.165) is 35.7 Å². The van der Waals surface area contributed by atoms with Gasteiger partial charge in [0.15, 0.2) is 0 Å². The van der Waals surface area contributed by atoms with Gasteiger partial charge in [-0.1, -0.05) is 31.5 Å². The van der Waals surface area contributed by atoms with Gasteiger partial charge in [0.05, 0.1) is 5.56 Å². The Bertz CT molecular complexity index is 1120. The maximum Gasteiger partial charge on any atom is 0.303 e. The van der Waals surface area contributed by atoms with Gasteiger partial charge >= 0.3 is 10.2 Å². The van der Waals surface area contributed by atoms with Crippen LogP contribution in [0.15, 0.2) is 30.3 Å². The summed E-state index contributed by atoms with van der Waals surface area (Å²) in [5.41, 5.74) is 2.75. The molecule has 0 spiro atoms. The van der Waals surface area contributed by atoms with Gasteiger partial charge in [-0.25, -0.2) is 9.11 Å². The van der Waals surface area contributed by atoms with Crippen molar-refractivity contribution in [2.24, 2.45) is 5.41 Å². The molecule has 0 saturated carbocycles. The molecule has 0 unspecified atom stereocenters. The minimum absolute atomic E-state index is 0.0118. The third-order valence-electron chi connectivity index (χ3n) is 5.40. The van der Waals surface area contributed by atoms with Crippen LogP contribution in [0.25, 0.3) is 0 Å². The summed E-state index contributed by atoms with van der Waals surface area (Å²) in [6.45, 7) is 4.53. The Morgan fingerprint density at radius 2 is 1.94 bits per heavy atom. The Balaban J connectivity index is 1.72. The molecule has 9 heteroatoms. The lowest BCUT2D eigenvalue weighted by atomic mass is 9.74. The number of hydrogen-bond donors (Lipinski definition) is 1. The summed E-state index contributed by atoms with van der Waals surface area (Å²) in [5.74, 6) is -1.32. The molecule has 0 aromatic heterocycles.